The molecule has 0 amide bonds. The first-order chi connectivity index (χ1) is 11.8. The molecule has 2 saturated carbocycles. The largest absolute Gasteiger partial charge is 0.390 e. The Morgan fingerprint density at radius 3 is 2.23 bits per heavy atom. The molecular formula is C21H41NO4. The second-order valence-corrected chi connectivity index (χ2v) is 10.2. The third-order valence-electron chi connectivity index (χ3n) is 8.18. The summed E-state index contributed by atoms with van der Waals surface area (Å²) in [5.74, 6) is -2.50. The number of aliphatic hydroxyl groups excluding tert-OH is 2. The molecule has 154 valence electrons. The van der Waals surface area contributed by atoms with E-state index in [0.29, 0.717) is 12.3 Å². The first kappa shape index (κ1) is 22.1. The minimum absolute atomic E-state index is 0.0756. The predicted molar refractivity (Wildman–Crippen MR) is 103 cm³/mol. The minimum Gasteiger partial charge on any atom is -0.390 e. The highest BCUT2D eigenvalue weighted by atomic mass is 16.5. The van der Waals surface area contributed by atoms with Crippen LogP contribution in [-0.2, 0) is 0 Å². The lowest BCUT2D eigenvalue weighted by Crippen LogP contribution is -2.69. The molecule has 2 fully saturated rings. The fraction of sp³-hybridized carbons (Fsp3) is 1.00. The molecule has 0 aromatic carbocycles. The summed E-state index contributed by atoms with van der Waals surface area (Å²) in [6.45, 7) is 12.7. The quantitative estimate of drug-likeness (QED) is 0.477. The number of nitrogens with two attached hydrogens (primary N) is 1. The fourth-order valence-electron chi connectivity index (χ4n) is 6.59. The van der Waals surface area contributed by atoms with E-state index in [9.17, 15) is 20.4 Å². The van der Waals surface area contributed by atoms with Gasteiger partial charge < -0.3 is 20.4 Å². The van der Waals surface area contributed by atoms with Gasteiger partial charge in [-0.3, -0.25) is 5.73 Å². The second-order valence-electron chi connectivity index (χ2n) is 10.2. The summed E-state index contributed by atoms with van der Waals surface area (Å²) in [5, 5.41) is 42.6. The van der Waals surface area contributed by atoms with Gasteiger partial charge in [0.25, 0.3) is 0 Å². The highest BCUT2D eigenvalue weighted by Crippen LogP contribution is 2.65. The van der Waals surface area contributed by atoms with Crippen LogP contribution in [0.15, 0.2) is 0 Å². The van der Waals surface area contributed by atoms with E-state index in [2.05, 4.69) is 34.6 Å². The van der Waals surface area contributed by atoms with E-state index < -0.39 is 29.5 Å². The van der Waals surface area contributed by atoms with Gasteiger partial charge in [-0.25, -0.2) is 0 Å². The van der Waals surface area contributed by atoms with Gasteiger partial charge in [0, 0.05) is 5.92 Å². The van der Waals surface area contributed by atoms with E-state index in [-0.39, 0.29) is 23.2 Å². The summed E-state index contributed by atoms with van der Waals surface area (Å²) in [6.07, 6.45) is 2.70. The number of fused-ring (bicyclic) bond motifs is 1. The number of hydrogen-bond donors (Lipinski definition) is 5. The second kappa shape index (κ2) is 7.32. The first-order valence-electron chi connectivity index (χ1n) is 10.4. The Labute approximate surface area is 159 Å². The van der Waals surface area contributed by atoms with Crippen molar-refractivity contribution in [1.29, 1.82) is 0 Å². The fourth-order valence-corrected chi connectivity index (χ4v) is 6.59. The Hall–Kier alpha value is -0.200. The number of aliphatic hydroxyl groups is 4. The molecule has 0 unspecified atom stereocenters. The maximum atomic E-state index is 11.0. The molecule has 6 N–H and O–H groups in total. The smallest absolute Gasteiger partial charge is 0.223 e. The highest BCUT2D eigenvalue weighted by molar-refractivity contribution is 5.12. The van der Waals surface area contributed by atoms with E-state index in [1.807, 2.05) is 6.92 Å². The van der Waals surface area contributed by atoms with Crippen molar-refractivity contribution in [2.24, 2.45) is 46.2 Å². The van der Waals surface area contributed by atoms with E-state index in [0.717, 1.165) is 25.7 Å². The Bertz CT molecular complexity index is 489. The van der Waals surface area contributed by atoms with Crippen molar-refractivity contribution in [2.75, 3.05) is 0 Å². The summed E-state index contributed by atoms with van der Waals surface area (Å²) in [7, 11) is 0. The molecule has 2 aliphatic rings. The van der Waals surface area contributed by atoms with E-state index >= 15 is 0 Å². The van der Waals surface area contributed by atoms with Crippen LogP contribution >= 0.6 is 0 Å². The first-order valence-corrected chi connectivity index (χ1v) is 10.4. The molecule has 26 heavy (non-hydrogen) atoms. The van der Waals surface area contributed by atoms with Gasteiger partial charge in [0.15, 0.2) is 0 Å². The molecule has 0 aromatic heterocycles. The van der Waals surface area contributed by atoms with Gasteiger partial charge in [0.05, 0.1) is 12.2 Å². The molecule has 8 atom stereocenters. The average Bonchev–Trinajstić information content (AvgIpc) is 2.50. The molecular weight excluding hydrogens is 330 g/mol. The van der Waals surface area contributed by atoms with Crippen molar-refractivity contribution in [3.8, 4) is 0 Å². The van der Waals surface area contributed by atoms with Gasteiger partial charge in [-0.2, -0.15) is 0 Å². The molecule has 2 rings (SSSR count). The van der Waals surface area contributed by atoms with Gasteiger partial charge in [-0.05, 0) is 53.8 Å². The zero-order valence-electron chi connectivity index (χ0n) is 17.4. The Balaban J connectivity index is 2.53. The van der Waals surface area contributed by atoms with E-state index in [1.54, 1.807) is 0 Å². The van der Waals surface area contributed by atoms with Gasteiger partial charge in [0.1, 0.15) is 0 Å². The molecule has 5 nitrogen and oxygen atoms in total. The molecule has 0 aromatic rings. The van der Waals surface area contributed by atoms with Crippen molar-refractivity contribution in [3.05, 3.63) is 0 Å². The molecule has 0 heterocycles. The standard InChI is InChI=1S/C21H41NO4/c1-7-12(2)8-9-14-13(3)16(23)17(24)18-19(4,5)11-10-15(20(14,18)6)21(22,25)26/h12-18,23-26H,7-11,22H2,1-6H3/t12-,13-,14-,15+,16+,17+,18+,20+/m1/s1. The Morgan fingerprint density at radius 1 is 1.15 bits per heavy atom. The maximum Gasteiger partial charge on any atom is 0.223 e. The lowest BCUT2D eigenvalue weighted by Gasteiger charge is -2.66. The molecule has 0 spiro atoms. The van der Waals surface area contributed by atoms with Crippen LogP contribution in [0, 0.1) is 40.4 Å². The third-order valence-corrected chi connectivity index (χ3v) is 8.18. The lowest BCUT2D eigenvalue weighted by molar-refractivity contribution is -0.299. The van der Waals surface area contributed by atoms with Crippen LogP contribution in [0.2, 0.25) is 0 Å². The molecule has 5 heteroatoms. The van der Waals surface area contributed by atoms with Crippen molar-refractivity contribution in [2.45, 2.75) is 91.8 Å². The van der Waals surface area contributed by atoms with Crippen LogP contribution in [0.1, 0.15) is 73.6 Å². The van der Waals surface area contributed by atoms with Crippen molar-refractivity contribution >= 4 is 0 Å². The van der Waals surface area contributed by atoms with Gasteiger partial charge in [-0.15, -0.1) is 0 Å². The van der Waals surface area contributed by atoms with Gasteiger partial charge in [-0.1, -0.05) is 54.4 Å². The predicted octanol–water partition coefficient (Wildman–Crippen LogP) is 2.46. The Kier molecular flexibility index (Phi) is 6.22. The number of rotatable bonds is 5. The van der Waals surface area contributed by atoms with Crippen LogP contribution in [0.5, 0.6) is 0 Å². The average molecular weight is 372 g/mol. The summed E-state index contributed by atoms with van der Waals surface area (Å²) in [5.41, 5.74) is 5.08. The SMILES string of the molecule is CC[C@@H](C)CC[C@@H]1[C@@H](C)[C@H](O)[C@H](O)[C@H]2C(C)(C)CC[C@H](C(N)(O)O)[C@]12C. The molecule has 0 saturated heterocycles. The lowest BCUT2D eigenvalue weighted by atomic mass is 9.41. The van der Waals surface area contributed by atoms with Crippen molar-refractivity contribution in [1.82, 2.24) is 0 Å². The Morgan fingerprint density at radius 2 is 1.73 bits per heavy atom. The van der Waals surface area contributed by atoms with E-state index in [4.69, 9.17) is 5.73 Å². The number of hydrogen-bond acceptors (Lipinski definition) is 5. The summed E-state index contributed by atoms with van der Waals surface area (Å²) in [4.78, 5) is 0. The molecule has 2 aliphatic carbocycles. The van der Waals surface area contributed by atoms with Crippen LogP contribution in [0.4, 0.5) is 0 Å². The zero-order chi connectivity index (χ0) is 20.1. The molecule has 0 bridgehead atoms. The van der Waals surface area contributed by atoms with Crippen LogP contribution in [-0.4, -0.2) is 38.5 Å². The van der Waals surface area contributed by atoms with Crippen molar-refractivity contribution in [3.63, 3.8) is 0 Å². The molecule has 0 aliphatic heterocycles. The summed E-state index contributed by atoms with van der Waals surface area (Å²) >= 11 is 0. The monoisotopic (exact) mass is 371 g/mol. The van der Waals surface area contributed by atoms with Crippen LogP contribution < -0.4 is 5.73 Å². The minimum atomic E-state index is -2.28. The van der Waals surface area contributed by atoms with Gasteiger partial charge in [0.2, 0.25) is 5.91 Å². The highest BCUT2D eigenvalue weighted by Gasteiger charge is 2.66. The summed E-state index contributed by atoms with van der Waals surface area (Å²) < 4.78 is 0. The molecule has 0 radical (unpaired) electrons. The van der Waals surface area contributed by atoms with E-state index in [1.165, 1.54) is 0 Å². The zero-order valence-corrected chi connectivity index (χ0v) is 17.4. The van der Waals surface area contributed by atoms with Crippen molar-refractivity contribution < 1.29 is 20.4 Å². The maximum absolute atomic E-state index is 11.0. The van der Waals surface area contributed by atoms with Gasteiger partial charge >= 0.3 is 0 Å². The third kappa shape index (κ3) is 3.58. The summed E-state index contributed by atoms with van der Waals surface area (Å²) in [6, 6.07) is 0. The van der Waals surface area contributed by atoms with Crippen LogP contribution in [0.3, 0.4) is 0 Å². The normalized spacial score (nSPS) is 44.4. The topological polar surface area (TPSA) is 107 Å². The van der Waals surface area contributed by atoms with Crippen LogP contribution in [0.25, 0.3) is 0 Å².